The number of hydrogen-bond donors (Lipinski definition) is 1. The fraction of sp³-hybridized carbons (Fsp3) is 0.391. The van der Waals surface area contributed by atoms with Crippen LogP contribution < -0.4 is 15.0 Å². The van der Waals surface area contributed by atoms with Crippen LogP contribution in [-0.2, 0) is 4.79 Å². The first-order valence-electron chi connectivity index (χ1n) is 10.4. The smallest absolute Gasteiger partial charge is 0.243 e. The van der Waals surface area contributed by atoms with E-state index in [0.717, 1.165) is 38.2 Å². The molecule has 1 fully saturated rings. The van der Waals surface area contributed by atoms with Gasteiger partial charge in [0.05, 0.1) is 30.1 Å². The van der Waals surface area contributed by atoms with E-state index < -0.39 is 5.82 Å². The van der Waals surface area contributed by atoms with Crippen LogP contribution in [0.2, 0.25) is 0 Å². The van der Waals surface area contributed by atoms with Gasteiger partial charge < -0.3 is 19.9 Å². The van der Waals surface area contributed by atoms with E-state index in [1.807, 2.05) is 18.2 Å². The van der Waals surface area contributed by atoms with Crippen molar-refractivity contribution in [3.05, 3.63) is 53.3 Å². The molecule has 2 atom stereocenters. The fourth-order valence-electron chi connectivity index (χ4n) is 5.04. The average molecular weight is 406 g/mol. The van der Waals surface area contributed by atoms with E-state index in [2.05, 4.69) is 21.2 Å². The molecule has 2 aromatic rings. The third-order valence-corrected chi connectivity index (χ3v) is 6.35. The van der Waals surface area contributed by atoms with E-state index in [4.69, 9.17) is 10.00 Å². The lowest BCUT2D eigenvalue weighted by Crippen LogP contribution is -2.49. The molecule has 6 nitrogen and oxygen atoms in total. The molecule has 3 aliphatic rings. The first-order valence-corrected chi connectivity index (χ1v) is 10.4. The van der Waals surface area contributed by atoms with E-state index >= 15 is 0 Å². The number of amides is 1. The molecule has 0 spiro atoms. The maximum atomic E-state index is 13.4. The highest BCUT2D eigenvalue weighted by atomic mass is 19.1. The molecule has 5 rings (SSSR count). The Balaban J connectivity index is 1.19. The van der Waals surface area contributed by atoms with E-state index in [0.29, 0.717) is 30.9 Å². The molecule has 0 unspecified atom stereocenters. The summed E-state index contributed by atoms with van der Waals surface area (Å²) in [7, 11) is 0. The van der Waals surface area contributed by atoms with Gasteiger partial charge in [-0.2, -0.15) is 5.26 Å². The zero-order chi connectivity index (χ0) is 20.7. The molecule has 7 heteroatoms. The van der Waals surface area contributed by atoms with E-state index in [9.17, 15) is 9.18 Å². The zero-order valence-electron chi connectivity index (χ0n) is 16.6. The number of para-hydroxylation sites is 1. The summed E-state index contributed by atoms with van der Waals surface area (Å²) >= 11 is 0. The number of rotatable bonds is 5. The molecular formula is C23H23FN4O2. The first kappa shape index (κ1) is 18.9. The summed E-state index contributed by atoms with van der Waals surface area (Å²) in [5.41, 5.74) is 3.49. The quantitative estimate of drug-likeness (QED) is 0.773. The number of nitrogens with zero attached hydrogens (tertiary/aromatic N) is 3. The normalized spacial score (nSPS) is 22.1. The summed E-state index contributed by atoms with van der Waals surface area (Å²) in [6.45, 7) is 3.86. The molecule has 0 saturated carbocycles. The van der Waals surface area contributed by atoms with E-state index in [1.165, 1.54) is 23.4 Å². The van der Waals surface area contributed by atoms with Crippen LogP contribution in [0.15, 0.2) is 36.4 Å². The highest BCUT2D eigenvalue weighted by Crippen LogP contribution is 2.49. The highest BCUT2D eigenvalue weighted by molar-refractivity contribution is 6.03. The monoisotopic (exact) mass is 406 g/mol. The van der Waals surface area contributed by atoms with Crippen molar-refractivity contribution in [2.45, 2.75) is 24.8 Å². The Morgan fingerprint density at radius 3 is 3.07 bits per heavy atom. The Labute approximate surface area is 174 Å². The van der Waals surface area contributed by atoms with Gasteiger partial charge in [-0.1, -0.05) is 12.1 Å². The minimum Gasteiger partial charge on any atom is -0.493 e. The van der Waals surface area contributed by atoms with Crippen LogP contribution in [0.4, 0.5) is 15.8 Å². The van der Waals surface area contributed by atoms with Crippen LogP contribution >= 0.6 is 0 Å². The number of likely N-dealkylation sites (tertiary alicyclic amines) is 1. The molecule has 0 aromatic heterocycles. The number of halogens is 1. The van der Waals surface area contributed by atoms with Gasteiger partial charge >= 0.3 is 0 Å². The molecule has 2 aromatic carbocycles. The maximum absolute atomic E-state index is 13.4. The summed E-state index contributed by atoms with van der Waals surface area (Å²) < 4.78 is 19.1. The van der Waals surface area contributed by atoms with Crippen LogP contribution in [0, 0.1) is 17.1 Å². The van der Waals surface area contributed by atoms with Crippen molar-refractivity contribution in [3.8, 4) is 11.8 Å². The molecule has 30 heavy (non-hydrogen) atoms. The van der Waals surface area contributed by atoms with Gasteiger partial charge in [0.25, 0.3) is 0 Å². The standard InChI is InChI=1S/C23H23FN4O2/c24-19-6-5-16(11-15(19)12-25)30-10-2-8-27-9-7-21-18(13-27)17-3-1-4-20-23(17)28(21)14-22(29)26-20/h1,3-6,11,18,21H,2,7-10,13-14H2,(H,26,29)/t18-,21-/m0/s1. The Morgan fingerprint density at radius 2 is 2.20 bits per heavy atom. The Kier molecular flexibility index (Phi) is 4.80. The number of carbonyl (C=O) groups excluding carboxylic acids is 1. The lowest BCUT2D eigenvalue weighted by molar-refractivity contribution is -0.115. The first-order chi connectivity index (χ1) is 14.6. The predicted molar refractivity (Wildman–Crippen MR) is 111 cm³/mol. The van der Waals surface area contributed by atoms with Gasteiger partial charge in [-0.3, -0.25) is 4.79 Å². The largest absolute Gasteiger partial charge is 0.493 e. The Bertz CT molecular complexity index is 1030. The third kappa shape index (κ3) is 3.27. The topological polar surface area (TPSA) is 68.6 Å². The molecule has 154 valence electrons. The fourth-order valence-corrected chi connectivity index (χ4v) is 5.04. The summed E-state index contributed by atoms with van der Waals surface area (Å²) in [4.78, 5) is 16.9. The van der Waals surface area contributed by atoms with Gasteiger partial charge in [0, 0.05) is 37.7 Å². The molecule has 3 aliphatic heterocycles. The molecule has 1 amide bonds. The van der Waals surface area contributed by atoms with Crippen LogP contribution in [-0.4, -0.2) is 49.6 Å². The van der Waals surface area contributed by atoms with Gasteiger partial charge in [-0.15, -0.1) is 0 Å². The number of piperidine rings is 1. The SMILES string of the molecule is N#Cc1cc(OCCCN2CC[C@H]3[C@@H](C2)c2cccc4c2N3CC(=O)N4)ccc1F. The molecule has 0 bridgehead atoms. The summed E-state index contributed by atoms with van der Waals surface area (Å²) in [6.07, 6.45) is 1.89. The van der Waals surface area contributed by atoms with Crippen molar-refractivity contribution in [1.82, 2.24) is 4.90 Å². The second-order valence-corrected chi connectivity index (χ2v) is 8.14. The van der Waals surface area contributed by atoms with E-state index in [-0.39, 0.29) is 11.5 Å². The minimum atomic E-state index is -0.525. The van der Waals surface area contributed by atoms with Gasteiger partial charge in [-0.25, -0.2) is 4.39 Å². The van der Waals surface area contributed by atoms with Crippen LogP contribution in [0.5, 0.6) is 5.75 Å². The average Bonchev–Trinajstić information content (AvgIpc) is 3.07. The molecular weight excluding hydrogens is 383 g/mol. The Morgan fingerprint density at radius 1 is 1.30 bits per heavy atom. The van der Waals surface area contributed by atoms with Gasteiger partial charge in [0.1, 0.15) is 17.6 Å². The van der Waals surface area contributed by atoms with E-state index in [1.54, 1.807) is 6.07 Å². The van der Waals surface area contributed by atoms with Crippen molar-refractivity contribution in [2.75, 3.05) is 43.0 Å². The number of ether oxygens (including phenoxy) is 1. The van der Waals surface area contributed by atoms with Crippen LogP contribution in [0.1, 0.15) is 29.9 Å². The third-order valence-electron chi connectivity index (χ3n) is 6.35. The van der Waals surface area contributed by atoms with Crippen molar-refractivity contribution in [1.29, 1.82) is 5.26 Å². The number of nitrogens with one attached hydrogen (secondary N) is 1. The molecule has 0 aliphatic carbocycles. The number of nitriles is 1. The molecule has 1 saturated heterocycles. The number of carbonyl (C=O) groups is 1. The number of anilines is 2. The predicted octanol–water partition coefficient (Wildman–Crippen LogP) is 3.10. The molecule has 1 N–H and O–H groups in total. The van der Waals surface area contributed by atoms with Crippen LogP contribution in [0.3, 0.4) is 0 Å². The lowest BCUT2D eigenvalue weighted by Gasteiger charge is -2.39. The van der Waals surface area contributed by atoms with Crippen molar-refractivity contribution < 1.29 is 13.9 Å². The van der Waals surface area contributed by atoms with Gasteiger partial charge in [0.2, 0.25) is 5.91 Å². The van der Waals surface area contributed by atoms with Crippen LogP contribution in [0.25, 0.3) is 0 Å². The Hall–Kier alpha value is -3.11. The van der Waals surface area contributed by atoms with Crippen molar-refractivity contribution in [2.24, 2.45) is 0 Å². The van der Waals surface area contributed by atoms with Crippen molar-refractivity contribution in [3.63, 3.8) is 0 Å². The lowest BCUT2D eigenvalue weighted by atomic mass is 9.89. The number of benzene rings is 2. The summed E-state index contributed by atoms with van der Waals surface area (Å²) in [5, 5.41) is 11.9. The van der Waals surface area contributed by atoms with Gasteiger partial charge in [0.15, 0.2) is 0 Å². The maximum Gasteiger partial charge on any atom is 0.243 e. The zero-order valence-corrected chi connectivity index (χ0v) is 16.6. The molecule has 3 heterocycles. The van der Waals surface area contributed by atoms with Gasteiger partial charge in [-0.05, 0) is 36.6 Å². The number of hydrogen-bond acceptors (Lipinski definition) is 5. The summed E-state index contributed by atoms with van der Waals surface area (Å²) in [5.74, 6) is 0.482. The summed E-state index contributed by atoms with van der Waals surface area (Å²) in [6, 6.07) is 12.7. The minimum absolute atomic E-state index is 0.00345. The highest BCUT2D eigenvalue weighted by Gasteiger charge is 2.44. The number of fused-ring (bicyclic) bond motifs is 3. The second kappa shape index (κ2) is 7.62. The molecule has 0 radical (unpaired) electrons. The second-order valence-electron chi connectivity index (χ2n) is 8.14. The van der Waals surface area contributed by atoms with Crippen molar-refractivity contribution >= 4 is 17.3 Å².